The molecule has 20 heavy (non-hydrogen) atoms. The number of nitrogens with two attached hydrogens (primary N) is 1. The van der Waals surface area contributed by atoms with E-state index >= 15 is 0 Å². The molecular formula is C12H16FN3O3S. The fraction of sp³-hybridized carbons (Fsp3) is 0.417. The summed E-state index contributed by atoms with van der Waals surface area (Å²) in [5.74, 6) is -0.940. The van der Waals surface area contributed by atoms with E-state index < -0.39 is 21.3 Å². The molecule has 1 aromatic rings. The average Bonchev–Trinajstić information content (AvgIpc) is 3.12. The lowest BCUT2D eigenvalue weighted by molar-refractivity contribution is -0.120. The molecule has 0 radical (unpaired) electrons. The molecule has 0 aliphatic heterocycles. The predicted octanol–water partition coefficient (Wildman–Crippen LogP) is 0.875. The third kappa shape index (κ3) is 3.26. The van der Waals surface area contributed by atoms with Crippen molar-refractivity contribution in [3.8, 4) is 0 Å². The van der Waals surface area contributed by atoms with E-state index in [1.165, 1.54) is 12.1 Å². The fourth-order valence-corrected chi connectivity index (χ4v) is 2.38. The second-order valence-corrected chi connectivity index (χ2v) is 6.76. The van der Waals surface area contributed by atoms with Crippen LogP contribution in [0.5, 0.6) is 0 Å². The topological polar surface area (TPSA) is 101 Å². The van der Waals surface area contributed by atoms with E-state index in [0.717, 1.165) is 25.2 Å². The fourth-order valence-electron chi connectivity index (χ4n) is 1.82. The van der Waals surface area contributed by atoms with Crippen LogP contribution < -0.4 is 15.8 Å². The van der Waals surface area contributed by atoms with E-state index in [1.807, 2.05) is 0 Å². The van der Waals surface area contributed by atoms with Crippen molar-refractivity contribution in [2.24, 2.45) is 11.1 Å². The van der Waals surface area contributed by atoms with Crippen LogP contribution in [0, 0.1) is 11.2 Å². The van der Waals surface area contributed by atoms with Gasteiger partial charge in [0.15, 0.2) is 0 Å². The molecule has 1 aromatic carbocycles. The van der Waals surface area contributed by atoms with E-state index in [2.05, 4.69) is 10.0 Å². The van der Waals surface area contributed by atoms with Crippen molar-refractivity contribution in [1.82, 2.24) is 0 Å². The zero-order valence-corrected chi connectivity index (χ0v) is 11.8. The van der Waals surface area contributed by atoms with Crippen molar-refractivity contribution in [1.29, 1.82) is 0 Å². The summed E-state index contributed by atoms with van der Waals surface area (Å²) >= 11 is 0. The van der Waals surface area contributed by atoms with Gasteiger partial charge in [0.05, 0.1) is 17.4 Å². The molecule has 1 aliphatic carbocycles. The number of nitrogens with one attached hydrogen (secondary N) is 2. The highest BCUT2D eigenvalue weighted by atomic mass is 32.2. The summed E-state index contributed by atoms with van der Waals surface area (Å²) in [6.07, 6.45) is 2.38. The van der Waals surface area contributed by atoms with Crippen molar-refractivity contribution in [3.05, 3.63) is 24.0 Å². The molecule has 0 saturated heterocycles. The Balaban J connectivity index is 2.17. The molecule has 1 saturated carbocycles. The Morgan fingerprint density at radius 2 is 2.10 bits per heavy atom. The molecule has 2 rings (SSSR count). The van der Waals surface area contributed by atoms with Crippen LogP contribution in [0.3, 0.4) is 0 Å². The minimum Gasteiger partial charge on any atom is -0.329 e. The second kappa shape index (κ2) is 5.02. The molecule has 1 aliphatic rings. The van der Waals surface area contributed by atoms with Crippen molar-refractivity contribution >= 4 is 27.3 Å². The highest BCUT2D eigenvalue weighted by Crippen LogP contribution is 2.45. The van der Waals surface area contributed by atoms with E-state index in [0.29, 0.717) is 5.69 Å². The summed E-state index contributed by atoms with van der Waals surface area (Å²) < 4.78 is 37.8. The third-order valence-electron chi connectivity index (χ3n) is 3.25. The Morgan fingerprint density at radius 3 is 2.60 bits per heavy atom. The number of sulfonamides is 1. The Labute approximate surface area is 116 Å². The molecule has 0 atom stereocenters. The first kappa shape index (κ1) is 14.7. The van der Waals surface area contributed by atoms with Crippen molar-refractivity contribution in [2.45, 2.75) is 12.8 Å². The lowest BCUT2D eigenvalue weighted by atomic mass is 10.1. The number of anilines is 2. The van der Waals surface area contributed by atoms with Crippen LogP contribution in [0.25, 0.3) is 0 Å². The maximum Gasteiger partial charge on any atom is 0.231 e. The molecule has 0 bridgehead atoms. The number of carbonyl (C=O) groups is 1. The van der Waals surface area contributed by atoms with Gasteiger partial charge in [-0.3, -0.25) is 9.52 Å². The zero-order valence-electron chi connectivity index (χ0n) is 10.9. The van der Waals surface area contributed by atoms with Crippen LogP contribution in [0.15, 0.2) is 18.2 Å². The molecule has 0 spiro atoms. The van der Waals surface area contributed by atoms with Gasteiger partial charge < -0.3 is 11.1 Å². The lowest BCUT2D eigenvalue weighted by Crippen LogP contribution is -2.30. The van der Waals surface area contributed by atoms with Crippen LogP contribution in [-0.2, 0) is 14.8 Å². The number of benzene rings is 1. The van der Waals surface area contributed by atoms with E-state index in [9.17, 15) is 17.6 Å². The van der Waals surface area contributed by atoms with Gasteiger partial charge in [-0.15, -0.1) is 0 Å². The van der Waals surface area contributed by atoms with Gasteiger partial charge in [-0.2, -0.15) is 0 Å². The molecule has 6 nitrogen and oxygen atoms in total. The summed E-state index contributed by atoms with van der Waals surface area (Å²) in [5.41, 5.74) is 5.14. The van der Waals surface area contributed by atoms with E-state index in [4.69, 9.17) is 5.73 Å². The number of carbonyl (C=O) groups excluding carboxylic acids is 1. The van der Waals surface area contributed by atoms with E-state index in [1.54, 1.807) is 0 Å². The minimum atomic E-state index is -3.59. The smallest absolute Gasteiger partial charge is 0.231 e. The number of rotatable bonds is 5. The zero-order chi connectivity index (χ0) is 15.0. The molecule has 110 valence electrons. The molecule has 1 amide bonds. The first-order valence-electron chi connectivity index (χ1n) is 6.05. The van der Waals surface area contributed by atoms with Crippen LogP contribution in [0.1, 0.15) is 12.8 Å². The molecule has 4 N–H and O–H groups in total. The Kier molecular flexibility index (Phi) is 3.70. The quantitative estimate of drug-likeness (QED) is 0.751. The van der Waals surface area contributed by atoms with Gasteiger partial charge in [-0.25, -0.2) is 12.8 Å². The Morgan fingerprint density at radius 1 is 1.45 bits per heavy atom. The third-order valence-corrected chi connectivity index (χ3v) is 3.84. The van der Waals surface area contributed by atoms with Gasteiger partial charge in [0.25, 0.3) is 0 Å². The normalized spacial score (nSPS) is 16.6. The standard InChI is InChI=1S/C12H16FN3O3S/c1-20(18,19)16-10-6-8(2-3-9(10)13)15-11(17)12(7-14)4-5-12/h2-3,6,16H,4-5,7,14H2,1H3,(H,15,17). The summed E-state index contributed by atoms with van der Waals surface area (Å²) in [4.78, 5) is 12.0. The molecule has 0 aromatic heterocycles. The minimum absolute atomic E-state index is 0.206. The average molecular weight is 301 g/mol. The highest BCUT2D eigenvalue weighted by Gasteiger charge is 2.48. The first-order valence-corrected chi connectivity index (χ1v) is 7.94. The van der Waals surface area contributed by atoms with Gasteiger partial charge >= 0.3 is 0 Å². The lowest BCUT2D eigenvalue weighted by Gasteiger charge is -2.14. The summed E-state index contributed by atoms with van der Waals surface area (Å²) in [6, 6.07) is 3.69. The van der Waals surface area contributed by atoms with Gasteiger partial charge in [0.2, 0.25) is 15.9 Å². The van der Waals surface area contributed by atoms with Crippen molar-refractivity contribution in [2.75, 3.05) is 22.8 Å². The van der Waals surface area contributed by atoms with Crippen LogP contribution in [0.2, 0.25) is 0 Å². The van der Waals surface area contributed by atoms with Gasteiger partial charge in [0, 0.05) is 12.2 Å². The van der Waals surface area contributed by atoms with Crippen molar-refractivity contribution in [3.63, 3.8) is 0 Å². The van der Waals surface area contributed by atoms with Crippen molar-refractivity contribution < 1.29 is 17.6 Å². The number of amides is 1. The largest absolute Gasteiger partial charge is 0.329 e. The Bertz CT molecular complexity index is 641. The second-order valence-electron chi connectivity index (χ2n) is 5.01. The summed E-state index contributed by atoms with van der Waals surface area (Å²) in [6.45, 7) is 0.258. The summed E-state index contributed by atoms with van der Waals surface area (Å²) in [7, 11) is -3.59. The van der Waals surface area contributed by atoms with Crippen LogP contribution in [-0.4, -0.2) is 27.1 Å². The molecular weight excluding hydrogens is 285 g/mol. The molecule has 8 heteroatoms. The molecule has 0 heterocycles. The van der Waals surface area contributed by atoms with E-state index in [-0.39, 0.29) is 18.1 Å². The first-order chi connectivity index (χ1) is 9.26. The number of hydrogen-bond donors (Lipinski definition) is 3. The maximum atomic E-state index is 13.5. The Hall–Kier alpha value is -1.67. The van der Waals surface area contributed by atoms with Gasteiger partial charge in [-0.1, -0.05) is 0 Å². The molecule has 0 unspecified atom stereocenters. The molecule has 1 fully saturated rings. The van der Waals surface area contributed by atoms with Crippen LogP contribution >= 0.6 is 0 Å². The SMILES string of the molecule is CS(=O)(=O)Nc1cc(NC(=O)C2(CN)CC2)ccc1F. The summed E-state index contributed by atoms with van der Waals surface area (Å²) in [5, 5.41) is 2.63. The number of halogens is 1. The maximum absolute atomic E-state index is 13.5. The number of hydrogen-bond acceptors (Lipinski definition) is 4. The highest BCUT2D eigenvalue weighted by molar-refractivity contribution is 7.92. The van der Waals surface area contributed by atoms with Crippen LogP contribution in [0.4, 0.5) is 15.8 Å². The van der Waals surface area contributed by atoms with Gasteiger partial charge in [0.1, 0.15) is 5.82 Å². The monoisotopic (exact) mass is 301 g/mol. The predicted molar refractivity (Wildman–Crippen MR) is 74.2 cm³/mol. The van der Waals surface area contributed by atoms with Gasteiger partial charge in [-0.05, 0) is 31.0 Å².